The molecule has 0 heterocycles. The van der Waals surface area contributed by atoms with Crippen LogP contribution in [0.3, 0.4) is 0 Å². The monoisotopic (exact) mass is 185 g/mol. The van der Waals surface area contributed by atoms with Crippen molar-refractivity contribution in [1.82, 2.24) is 0 Å². The van der Waals surface area contributed by atoms with Crippen LogP contribution in [-0.2, 0) is 9.53 Å². The number of hydrogen-bond donors (Lipinski definition) is 1. The highest BCUT2D eigenvalue weighted by molar-refractivity contribution is 5.74. The summed E-state index contributed by atoms with van der Waals surface area (Å²) in [5.74, 6) is -0.664. The van der Waals surface area contributed by atoms with Gasteiger partial charge in [0.2, 0.25) is 0 Å². The van der Waals surface area contributed by atoms with Gasteiger partial charge in [-0.3, -0.25) is 0 Å². The van der Waals surface area contributed by atoms with E-state index in [9.17, 15) is 9.90 Å². The Morgan fingerprint density at radius 3 is 2.54 bits per heavy atom. The Morgan fingerprint density at radius 2 is 2.15 bits per heavy atom. The van der Waals surface area contributed by atoms with Gasteiger partial charge < -0.3 is 9.84 Å². The summed E-state index contributed by atoms with van der Waals surface area (Å²) in [5.41, 5.74) is -0.593. The second-order valence-electron chi connectivity index (χ2n) is 3.75. The van der Waals surface area contributed by atoms with Gasteiger partial charge in [-0.15, -0.1) is 0 Å². The number of carbonyl (C=O) groups excluding carboxylic acids is 1. The number of nitriles is 1. The summed E-state index contributed by atoms with van der Waals surface area (Å²) in [6.45, 7) is 5.17. The standard InChI is InChI=1S/C9H15NO3/c1-9(2,3)13-8(12)7(11)5-4-6-10/h7,11H,4-5H2,1-3H3. The molecule has 4 nitrogen and oxygen atoms in total. The van der Waals surface area contributed by atoms with Gasteiger partial charge in [-0.25, -0.2) is 4.79 Å². The van der Waals surface area contributed by atoms with Crippen LogP contribution in [0.4, 0.5) is 0 Å². The Kier molecular flexibility index (Phi) is 4.43. The lowest BCUT2D eigenvalue weighted by Crippen LogP contribution is -2.31. The van der Waals surface area contributed by atoms with E-state index in [0.29, 0.717) is 0 Å². The first-order valence-electron chi connectivity index (χ1n) is 4.14. The molecule has 1 N–H and O–H groups in total. The van der Waals surface area contributed by atoms with Gasteiger partial charge in [0, 0.05) is 6.42 Å². The van der Waals surface area contributed by atoms with E-state index in [-0.39, 0.29) is 12.8 Å². The Hall–Kier alpha value is -1.08. The van der Waals surface area contributed by atoms with E-state index >= 15 is 0 Å². The summed E-state index contributed by atoms with van der Waals surface area (Å²) in [7, 11) is 0. The summed E-state index contributed by atoms with van der Waals surface area (Å²) >= 11 is 0. The number of aliphatic hydroxyl groups excluding tert-OH is 1. The molecule has 74 valence electrons. The van der Waals surface area contributed by atoms with Crippen molar-refractivity contribution < 1.29 is 14.6 Å². The van der Waals surface area contributed by atoms with Crippen LogP contribution in [-0.4, -0.2) is 22.8 Å². The summed E-state index contributed by atoms with van der Waals surface area (Å²) in [5, 5.41) is 17.4. The molecule has 0 aromatic rings. The lowest BCUT2D eigenvalue weighted by atomic mass is 10.1. The molecule has 0 aromatic heterocycles. The highest BCUT2D eigenvalue weighted by Crippen LogP contribution is 2.10. The SMILES string of the molecule is CC(C)(C)OC(=O)C(O)CCC#N. The van der Waals surface area contributed by atoms with Crippen molar-refractivity contribution in [3.05, 3.63) is 0 Å². The van der Waals surface area contributed by atoms with Gasteiger partial charge in [0.15, 0.2) is 6.10 Å². The van der Waals surface area contributed by atoms with Gasteiger partial charge in [0.1, 0.15) is 5.60 Å². The molecule has 1 unspecified atom stereocenters. The maximum Gasteiger partial charge on any atom is 0.335 e. The smallest absolute Gasteiger partial charge is 0.335 e. The van der Waals surface area contributed by atoms with E-state index in [1.165, 1.54) is 0 Å². The van der Waals surface area contributed by atoms with E-state index in [0.717, 1.165) is 0 Å². The maximum absolute atomic E-state index is 11.1. The lowest BCUT2D eigenvalue weighted by molar-refractivity contribution is -0.165. The van der Waals surface area contributed by atoms with Gasteiger partial charge in [-0.05, 0) is 27.2 Å². The molecular formula is C9H15NO3. The van der Waals surface area contributed by atoms with Crippen LogP contribution >= 0.6 is 0 Å². The molecule has 4 heteroatoms. The normalized spacial score (nSPS) is 13.2. The molecule has 0 rings (SSSR count). The zero-order chi connectivity index (χ0) is 10.5. The molecule has 0 amide bonds. The minimum Gasteiger partial charge on any atom is -0.458 e. The molecule has 0 aliphatic rings. The molecular weight excluding hydrogens is 170 g/mol. The summed E-state index contributed by atoms with van der Waals surface area (Å²) in [6, 6.07) is 1.85. The largest absolute Gasteiger partial charge is 0.458 e. The molecule has 0 aromatic carbocycles. The molecule has 0 saturated carbocycles. The molecule has 0 saturated heterocycles. The van der Waals surface area contributed by atoms with Crippen LogP contribution in [0.15, 0.2) is 0 Å². The quantitative estimate of drug-likeness (QED) is 0.666. The van der Waals surface area contributed by atoms with Gasteiger partial charge in [0.25, 0.3) is 0 Å². The van der Waals surface area contributed by atoms with Crippen LogP contribution < -0.4 is 0 Å². The molecule has 0 radical (unpaired) electrons. The van der Waals surface area contributed by atoms with Crippen LogP contribution in [0, 0.1) is 11.3 Å². The van der Waals surface area contributed by atoms with Gasteiger partial charge in [0.05, 0.1) is 6.07 Å². The average molecular weight is 185 g/mol. The number of aliphatic hydroxyl groups is 1. The molecule has 0 aliphatic heterocycles. The number of carbonyl (C=O) groups is 1. The average Bonchev–Trinajstić information content (AvgIpc) is 1.96. The Morgan fingerprint density at radius 1 is 1.62 bits per heavy atom. The Bertz CT molecular complexity index is 212. The van der Waals surface area contributed by atoms with Crippen molar-refractivity contribution in [2.75, 3.05) is 0 Å². The molecule has 0 aliphatic carbocycles. The van der Waals surface area contributed by atoms with Crippen molar-refractivity contribution in [2.24, 2.45) is 0 Å². The first kappa shape index (κ1) is 11.9. The third-order valence-corrected chi connectivity index (χ3v) is 1.21. The number of ether oxygens (including phenoxy) is 1. The molecule has 0 spiro atoms. The van der Waals surface area contributed by atoms with Crippen LogP contribution in [0.2, 0.25) is 0 Å². The second-order valence-corrected chi connectivity index (χ2v) is 3.75. The van der Waals surface area contributed by atoms with Crippen LogP contribution in [0.5, 0.6) is 0 Å². The van der Waals surface area contributed by atoms with Gasteiger partial charge in [-0.2, -0.15) is 5.26 Å². The fourth-order valence-corrected chi connectivity index (χ4v) is 0.689. The van der Waals surface area contributed by atoms with Gasteiger partial charge in [-0.1, -0.05) is 0 Å². The van der Waals surface area contributed by atoms with Crippen LogP contribution in [0.1, 0.15) is 33.6 Å². The second kappa shape index (κ2) is 4.83. The minimum absolute atomic E-state index is 0.130. The molecule has 0 bridgehead atoms. The van der Waals surface area contributed by atoms with Crippen molar-refractivity contribution in [3.63, 3.8) is 0 Å². The highest BCUT2D eigenvalue weighted by atomic mass is 16.6. The van der Waals surface area contributed by atoms with E-state index in [4.69, 9.17) is 10.00 Å². The highest BCUT2D eigenvalue weighted by Gasteiger charge is 2.22. The summed E-state index contributed by atoms with van der Waals surface area (Å²) < 4.78 is 4.90. The predicted octanol–water partition coefficient (Wildman–Crippen LogP) is 0.993. The molecule has 0 fully saturated rings. The maximum atomic E-state index is 11.1. The van der Waals surface area contributed by atoms with E-state index in [2.05, 4.69) is 0 Å². The minimum atomic E-state index is -1.18. The summed E-state index contributed by atoms with van der Waals surface area (Å²) in [4.78, 5) is 11.1. The topological polar surface area (TPSA) is 70.3 Å². The Balaban J connectivity index is 3.91. The third kappa shape index (κ3) is 6.12. The van der Waals surface area contributed by atoms with E-state index in [1.54, 1.807) is 20.8 Å². The fourth-order valence-electron chi connectivity index (χ4n) is 0.689. The van der Waals surface area contributed by atoms with Gasteiger partial charge >= 0.3 is 5.97 Å². The van der Waals surface area contributed by atoms with E-state index in [1.807, 2.05) is 6.07 Å². The van der Waals surface area contributed by atoms with Crippen molar-refractivity contribution in [2.45, 2.75) is 45.3 Å². The number of hydrogen-bond acceptors (Lipinski definition) is 4. The van der Waals surface area contributed by atoms with Crippen molar-refractivity contribution in [3.8, 4) is 6.07 Å². The fraction of sp³-hybridized carbons (Fsp3) is 0.778. The Labute approximate surface area is 78.1 Å². The summed E-state index contributed by atoms with van der Waals surface area (Å²) in [6.07, 6.45) is -0.898. The lowest BCUT2D eigenvalue weighted by Gasteiger charge is -2.21. The predicted molar refractivity (Wildman–Crippen MR) is 46.7 cm³/mol. The number of esters is 1. The first-order valence-corrected chi connectivity index (χ1v) is 4.14. The number of nitrogens with zero attached hydrogens (tertiary/aromatic N) is 1. The van der Waals surface area contributed by atoms with E-state index < -0.39 is 17.7 Å². The third-order valence-electron chi connectivity index (χ3n) is 1.21. The zero-order valence-corrected chi connectivity index (χ0v) is 8.20. The molecule has 1 atom stereocenters. The van der Waals surface area contributed by atoms with Crippen molar-refractivity contribution in [1.29, 1.82) is 5.26 Å². The molecule has 13 heavy (non-hydrogen) atoms. The van der Waals surface area contributed by atoms with Crippen LogP contribution in [0.25, 0.3) is 0 Å². The van der Waals surface area contributed by atoms with Crippen molar-refractivity contribution >= 4 is 5.97 Å². The first-order chi connectivity index (χ1) is 5.87. The number of rotatable bonds is 3. The zero-order valence-electron chi connectivity index (χ0n) is 8.20.